The Labute approximate surface area is 90.4 Å². The van der Waals surface area contributed by atoms with Crippen molar-refractivity contribution in [1.82, 2.24) is 4.90 Å². The second-order valence-electron chi connectivity index (χ2n) is 4.05. The summed E-state index contributed by atoms with van der Waals surface area (Å²) in [6.07, 6.45) is 3.32. The average molecular weight is 215 g/mol. The molecule has 1 aliphatic rings. The van der Waals surface area contributed by atoms with Gasteiger partial charge in [0.1, 0.15) is 6.23 Å². The maximum absolute atomic E-state index is 11.8. The molecule has 0 bridgehead atoms. The van der Waals surface area contributed by atoms with Crippen molar-refractivity contribution in [2.75, 3.05) is 13.1 Å². The third-order valence-electron chi connectivity index (χ3n) is 2.79. The molecule has 5 heteroatoms. The summed E-state index contributed by atoms with van der Waals surface area (Å²) >= 11 is 0. The number of carbonyl (C=O) groups is 1. The number of rotatable bonds is 5. The zero-order valence-electron chi connectivity index (χ0n) is 9.06. The highest BCUT2D eigenvalue weighted by atomic mass is 16.3. The SMILES string of the molecule is NCCCC[C@H](N)C(=O)N1CCCC1O. The van der Waals surface area contributed by atoms with E-state index in [-0.39, 0.29) is 5.91 Å². The molecule has 88 valence electrons. The van der Waals surface area contributed by atoms with Crippen LogP contribution in [0.15, 0.2) is 0 Å². The Kier molecular flexibility index (Phi) is 5.01. The maximum Gasteiger partial charge on any atom is 0.241 e. The first-order valence-corrected chi connectivity index (χ1v) is 5.61. The molecule has 5 nitrogen and oxygen atoms in total. The van der Waals surface area contributed by atoms with E-state index < -0.39 is 12.3 Å². The van der Waals surface area contributed by atoms with Crippen molar-refractivity contribution in [2.45, 2.75) is 44.4 Å². The molecule has 0 spiro atoms. The highest BCUT2D eigenvalue weighted by molar-refractivity contribution is 5.82. The van der Waals surface area contributed by atoms with Gasteiger partial charge in [-0.3, -0.25) is 4.79 Å². The lowest BCUT2D eigenvalue weighted by atomic mass is 10.1. The van der Waals surface area contributed by atoms with Gasteiger partial charge in [0.15, 0.2) is 0 Å². The summed E-state index contributed by atoms with van der Waals surface area (Å²) in [5.74, 6) is -0.128. The van der Waals surface area contributed by atoms with Gasteiger partial charge in [-0.2, -0.15) is 0 Å². The summed E-state index contributed by atoms with van der Waals surface area (Å²) in [4.78, 5) is 13.2. The van der Waals surface area contributed by atoms with Gasteiger partial charge in [-0.05, 0) is 32.2 Å². The van der Waals surface area contributed by atoms with Crippen LogP contribution in [0.4, 0.5) is 0 Å². The minimum Gasteiger partial charge on any atom is -0.374 e. The van der Waals surface area contributed by atoms with Crippen molar-refractivity contribution in [2.24, 2.45) is 11.5 Å². The lowest BCUT2D eigenvalue weighted by molar-refractivity contribution is -0.139. The van der Waals surface area contributed by atoms with Crippen LogP contribution in [0.5, 0.6) is 0 Å². The predicted octanol–water partition coefficient (Wildman–Crippen LogP) is -0.616. The minimum atomic E-state index is -0.627. The van der Waals surface area contributed by atoms with E-state index >= 15 is 0 Å². The molecule has 2 atom stereocenters. The number of nitrogens with zero attached hydrogens (tertiary/aromatic N) is 1. The van der Waals surface area contributed by atoms with Gasteiger partial charge in [0, 0.05) is 6.54 Å². The van der Waals surface area contributed by atoms with E-state index in [2.05, 4.69) is 0 Å². The summed E-state index contributed by atoms with van der Waals surface area (Å²) in [5, 5.41) is 9.51. The van der Waals surface area contributed by atoms with E-state index in [9.17, 15) is 9.90 Å². The number of aliphatic hydroxyl groups is 1. The fraction of sp³-hybridized carbons (Fsp3) is 0.900. The standard InChI is InChI=1S/C10H21N3O2/c11-6-2-1-4-8(12)10(15)13-7-3-5-9(13)14/h8-9,14H,1-7,11-12H2/t8-,9?/m0/s1. The van der Waals surface area contributed by atoms with Gasteiger partial charge in [0.25, 0.3) is 0 Å². The molecule has 1 heterocycles. The molecular formula is C10H21N3O2. The molecule has 0 radical (unpaired) electrons. The topological polar surface area (TPSA) is 92.6 Å². The van der Waals surface area contributed by atoms with Gasteiger partial charge in [-0.1, -0.05) is 6.42 Å². The van der Waals surface area contributed by atoms with Crippen LogP contribution in [0, 0.1) is 0 Å². The van der Waals surface area contributed by atoms with Crippen LogP contribution < -0.4 is 11.5 Å². The van der Waals surface area contributed by atoms with Crippen LogP contribution >= 0.6 is 0 Å². The average Bonchev–Trinajstić information content (AvgIpc) is 2.63. The lowest BCUT2D eigenvalue weighted by Crippen LogP contribution is -2.45. The van der Waals surface area contributed by atoms with Crippen molar-refractivity contribution in [3.8, 4) is 0 Å². The number of carbonyl (C=O) groups excluding carboxylic acids is 1. The molecule has 1 amide bonds. The molecule has 1 fully saturated rings. The molecule has 0 aliphatic carbocycles. The highest BCUT2D eigenvalue weighted by Gasteiger charge is 2.29. The summed E-state index contributed by atoms with van der Waals surface area (Å²) < 4.78 is 0. The molecule has 1 saturated heterocycles. The minimum absolute atomic E-state index is 0.128. The first kappa shape index (κ1) is 12.4. The summed E-state index contributed by atoms with van der Waals surface area (Å²) in [7, 11) is 0. The first-order chi connectivity index (χ1) is 7.16. The van der Waals surface area contributed by atoms with Crippen LogP contribution in [-0.4, -0.2) is 41.3 Å². The molecule has 1 rings (SSSR count). The zero-order valence-corrected chi connectivity index (χ0v) is 9.06. The largest absolute Gasteiger partial charge is 0.374 e. The van der Waals surface area contributed by atoms with Crippen molar-refractivity contribution in [3.05, 3.63) is 0 Å². The Morgan fingerprint density at radius 3 is 2.80 bits per heavy atom. The molecule has 5 N–H and O–H groups in total. The van der Waals surface area contributed by atoms with Crippen LogP contribution in [0.2, 0.25) is 0 Å². The van der Waals surface area contributed by atoms with Crippen molar-refractivity contribution in [1.29, 1.82) is 0 Å². The van der Waals surface area contributed by atoms with E-state index in [1.807, 2.05) is 0 Å². The molecule has 0 saturated carbocycles. The molecule has 1 aliphatic heterocycles. The van der Waals surface area contributed by atoms with Gasteiger partial charge in [0.05, 0.1) is 6.04 Å². The van der Waals surface area contributed by atoms with Gasteiger partial charge in [-0.15, -0.1) is 0 Å². The fourth-order valence-corrected chi connectivity index (χ4v) is 1.85. The molecule has 0 aromatic rings. The lowest BCUT2D eigenvalue weighted by Gasteiger charge is -2.23. The smallest absolute Gasteiger partial charge is 0.241 e. The summed E-state index contributed by atoms with van der Waals surface area (Å²) in [6, 6.07) is -0.482. The number of hydrogen-bond acceptors (Lipinski definition) is 4. The van der Waals surface area contributed by atoms with Gasteiger partial charge in [-0.25, -0.2) is 0 Å². The number of nitrogens with two attached hydrogens (primary N) is 2. The zero-order chi connectivity index (χ0) is 11.3. The molecule has 0 aromatic carbocycles. The molecule has 15 heavy (non-hydrogen) atoms. The first-order valence-electron chi connectivity index (χ1n) is 5.61. The Morgan fingerprint density at radius 2 is 2.27 bits per heavy atom. The third-order valence-corrected chi connectivity index (χ3v) is 2.79. The van der Waals surface area contributed by atoms with Crippen LogP contribution in [0.25, 0.3) is 0 Å². The summed E-state index contributed by atoms with van der Waals surface area (Å²) in [5.41, 5.74) is 11.1. The van der Waals surface area contributed by atoms with Crippen LogP contribution in [0.3, 0.4) is 0 Å². The van der Waals surface area contributed by atoms with Crippen LogP contribution in [-0.2, 0) is 4.79 Å². The van der Waals surface area contributed by atoms with Crippen molar-refractivity contribution >= 4 is 5.91 Å². The quantitative estimate of drug-likeness (QED) is 0.533. The van der Waals surface area contributed by atoms with E-state index in [1.165, 1.54) is 4.90 Å². The Bertz CT molecular complexity index is 211. The van der Waals surface area contributed by atoms with Crippen LogP contribution in [0.1, 0.15) is 32.1 Å². The fourth-order valence-electron chi connectivity index (χ4n) is 1.85. The highest BCUT2D eigenvalue weighted by Crippen LogP contribution is 2.16. The number of amides is 1. The normalized spacial score (nSPS) is 23.1. The van der Waals surface area contributed by atoms with E-state index in [4.69, 9.17) is 11.5 Å². The summed E-state index contributed by atoms with van der Waals surface area (Å²) in [6.45, 7) is 1.26. The number of likely N-dealkylation sites (tertiary alicyclic amines) is 1. The monoisotopic (exact) mass is 215 g/mol. The third kappa shape index (κ3) is 3.44. The van der Waals surface area contributed by atoms with Crippen molar-refractivity contribution < 1.29 is 9.90 Å². The van der Waals surface area contributed by atoms with Crippen molar-refractivity contribution in [3.63, 3.8) is 0 Å². The molecule has 1 unspecified atom stereocenters. The van der Waals surface area contributed by atoms with E-state index in [1.54, 1.807) is 0 Å². The predicted molar refractivity (Wildman–Crippen MR) is 57.8 cm³/mol. The number of hydrogen-bond donors (Lipinski definition) is 3. The second-order valence-corrected chi connectivity index (χ2v) is 4.05. The Morgan fingerprint density at radius 1 is 1.53 bits per heavy atom. The number of unbranched alkanes of at least 4 members (excludes halogenated alkanes) is 1. The Balaban J connectivity index is 2.31. The van der Waals surface area contributed by atoms with E-state index in [0.29, 0.717) is 25.9 Å². The molecule has 0 aromatic heterocycles. The molecular weight excluding hydrogens is 194 g/mol. The Hall–Kier alpha value is -0.650. The van der Waals surface area contributed by atoms with E-state index in [0.717, 1.165) is 19.3 Å². The van der Waals surface area contributed by atoms with Gasteiger partial charge >= 0.3 is 0 Å². The van der Waals surface area contributed by atoms with Gasteiger partial charge < -0.3 is 21.5 Å². The second kappa shape index (κ2) is 6.05. The number of aliphatic hydroxyl groups excluding tert-OH is 1. The maximum atomic E-state index is 11.8. The van der Waals surface area contributed by atoms with Gasteiger partial charge in [0.2, 0.25) is 5.91 Å².